The highest BCUT2D eigenvalue weighted by molar-refractivity contribution is 8.01. The molecule has 8 heteroatoms. The molecule has 2 aromatic heterocycles. The number of benzene rings is 13. The van der Waals surface area contributed by atoms with Gasteiger partial charge in [0.2, 0.25) is 6.71 Å². The van der Waals surface area contributed by atoms with Gasteiger partial charge < -0.3 is 18.6 Å². The fourth-order valence-electron chi connectivity index (χ4n) is 14.2. The van der Waals surface area contributed by atoms with Crippen LogP contribution in [0.4, 0.5) is 34.1 Å². The molecule has 4 nitrogen and oxygen atoms in total. The molecule has 378 valence electrons. The Labute approximate surface area is 481 Å². The number of furan rings is 2. The second-order valence-corrected chi connectivity index (χ2v) is 24.5. The van der Waals surface area contributed by atoms with E-state index in [9.17, 15) is 0 Å². The van der Waals surface area contributed by atoms with Crippen molar-refractivity contribution in [2.75, 3.05) is 9.80 Å². The molecule has 15 aromatic rings. The first-order chi connectivity index (χ1) is 40.6. The van der Waals surface area contributed by atoms with Crippen molar-refractivity contribution in [2.24, 2.45) is 0 Å². The maximum Gasteiger partial charge on any atom is 0.252 e. The average Bonchev–Trinajstić information content (AvgIpc) is 1.28. The number of hydrogen-bond donors (Lipinski definition) is 0. The number of nitrogens with zero attached hydrogens (tertiary/aromatic N) is 2. The number of fused-ring (bicyclic) bond motifs is 16. The van der Waals surface area contributed by atoms with Gasteiger partial charge in [-0.2, -0.15) is 0 Å². The molecule has 0 amide bonds. The Hall–Kier alpha value is -9.59. The third-order valence-corrected chi connectivity index (χ3v) is 20.1. The number of rotatable bonds is 4. The minimum Gasteiger partial charge on any atom is -0.456 e. The minimum atomic E-state index is -0.0580. The monoisotopic (exact) mass is 1080 g/mol. The van der Waals surface area contributed by atoms with Crippen molar-refractivity contribution < 1.29 is 8.83 Å². The highest BCUT2D eigenvalue weighted by atomic mass is 32.2. The van der Waals surface area contributed by atoms with Crippen LogP contribution in [-0.4, -0.2) is 13.4 Å². The van der Waals surface area contributed by atoms with Gasteiger partial charge in [0.25, 0.3) is 6.71 Å². The van der Waals surface area contributed by atoms with Crippen molar-refractivity contribution in [3.8, 4) is 22.3 Å². The van der Waals surface area contributed by atoms with Gasteiger partial charge in [0.1, 0.15) is 22.3 Å². The second-order valence-electron chi connectivity index (χ2n) is 22.3. The van der Waals surface area contributed by atoms with Crippen LogP contribution < -0.4 is 42.6 Å². The largest absolute Gasteiger partial charge is 0.456 e. The maximum absolute atomic E-state index is 6.59. The number of anilines is 6. The molecule has 0 radical (unpaired) electrons. The van der Waals surface area contributed by atoms with Crippen molar-refractivity contribution in [1.82, 2.24) is 0 Å². The van der Waals surface area contributed by atoms with Crippen LogP contribution in [0.25, 0.3) is 87.7 Å². The minimum absolute atomic E-state index is 0.0478. The fourth-order valence-corrected chi connectivity index (χ4v) is 16.7. The molecule has 82 heavy (non-hydrogen) atoms. The Morgan fingerprint density at radius 3 is 1.35 bits per heavy atom. The first-order valence-corrected chi connectivity index (χ1v) is 29.7. The van der Waals surface area contributed by atoms with E-state index in [1.807, 2.05) is 23.5 Å². The Morgan fingerprint density at radius 2 is 0.744 bits per heavy atom. The predicted molar refractivity (Wildman–Crippen MR) is 347 cm³/mol. The summed E-state index contributed by atoms with van der Waals surface area (Å²) in [6.07, 6.45) is 0. The highest BCUT2D eigenvalue weighted by Gasteiger charge is 2.46. The van der Waals surface area contributed by atoms with Crippen LogP contribution in [0, 0.1) is 0 Å². The molecule has 0 N–H and O–H groups in total. The molecule has 19 rings (SSSR count). The highest BCUT2D eigenvalue weighted by Crippen LogP contribution is 2.49. The molecule has 13 aromatic carbocycles. The van der Waals surface area contributed by atoms with Crippen molar-refractivity contribution >= 4 is 169 Å². The second kappa shape index (κ2) is 17.0. The van der Waals surface area contributed by atoms with Gasteiger partial charge in [-0.25, -0.2) is 0 Å². The summed E-state index contributed by atoms with van der Waals surface area (Å²) in [6, 6.07) is 94.8. The van der Waals surface area contributed by atoms with Crippen LogP contribution in [0.1, 0.15) is 0 Å². The molecule has 4 aliphatic heterocycles. The molecule has 0 unspecified atom stereocenters. The molecule has 0 saturated heterocycles. The van der Waals surface area contributed by atoms with E-state index in [1.165, 1.54) is 108 Å². The zero-order valence-corrected chi connectivity index (χ0v) is 45.6. The summed E-state index contributed by atoms with van der Waals surface area (Å²) in [5.41, 5.74) is 23.3. The van der Waals surface area contributed by atoms with E-state index in [4.69, 9.17) is 8.83 Å². The van der Waals surface area contributed by atoms with Crippen LogP contribution in [0.5, 0.6) is 0 Å². The van der Waals surface area contributed by atoms with Crippen LogP contribution in [0.2, 0.25) is 0 Å². The maximum atomic E-state index is 6.59. The van der Waals surface area contributed by atoms with Gasteiger partial charge in [-0.15, -0.1) is 0 Å². The summed E-state index contributed by atoms with van der Waals surface area (Å²) in [6.45, 7) is -0.0102. The summed E-state index contributed by atoms with van der Waals surface area (Å²) in [5.74, 6) is 0. The normalized spacial score (nSPS) is 13.7. The summed E-state index contributed by atoms with van der Waals surface area (Å²) in [7, 11) is 0. The number of para-hydroxylation sites is 3. The third-order valence-electron chi connectivity index (χ3n) is 17.9. The molecule has 0 bridgehead atoms. The zero-order valence-electron chi connectivity index (χ0n) is 43.9. The molecular formula is C74H42B2N2O2S2. The van der Waals surface area contributed by atoms with Gasteiger partial charge in [0.15, 0.2) is 0 Å². The summed E-state index contributed by atoms with van der Waals surface area (Å²) >= 11 is 3.85. The van der Waals surface area contributed by atoms with E-state index in [-0.39, 0.29) is 13.4 Å². The van der Waals surface area contributed by atoms with Gasteiger partial charge in [-0.05, 0) is 181 Å². The van der Waals surface area contributed by atoms with E-state index in [0.29, 0.717) is 0 Å². The van der Waals surface area contributed by atoms with Gasteiger partial charge in [-0.1, -0.05) is 174 Å². The molecule has 0 spiro atoms. The first-order valence-electron chi connectivity index (χ1n) is 28.1. The lowest BCUT2D eigenvalue weighted by Crippen LogP contribution is -2.64. The molecule has 0 saturated carbocycles. The van der Waals surface area contributed by atoms with E-state index >= 15 is 0 Å². The predicted octanol–water partition coefficient (Wildman–Crippen LogP) is 16.7. The number of hydrogen-bond acceptors (Lipinski definition) is 6. The lowest BCUT2D eigenvalue weighted by molar-refractivity contribution is 0.669. The van der Waals surface area contributed by atoms with Crippen molar-refractivity contribution in [2.45, 2.75) is 19.6 Å². The molecule has 0 atom stereocenters. The van der Waals surface area contributed by atoms with E-state index in [0.717, 1.165) is 66.4 Å². The summed E-state index contributed by atoms with van der Waals surface area (Å²) < 4.78 is 13.1. The van der Waals surface area contributed by atoms with Crippen molar-refractivity contribution in [3.05, 3.63) is 255 Å². The van der Waals surface area contributed by atoms with Gasteiger partial charge in [0.05, 0.1) is 0 Å². The average molecular weight is 1080 g/mol. The Morgan fingerprint density at radius 1 is 0.268 bits per heavy atom. The van der Waals surface area contributed by atoms with E-state index in [1.54, 1.807) is 0 Å². The Kier molecular flexibility index (Phi) is 9.35. The Bertz CT molecular complexity index is 5290. The van der Waals surface area contributed by atoms with Crippen LogP contribution >= 0.6 is 23.5 Å². The molecule has 0 aliphatic carbocycles. The standard InChI is InChI=1S/C74H42B2N2O2S2/c1-3-19-51(20-4-1)77-61-25-13-11-23-57(61)75-59-41-60-70(82-72-40-50(39-71-74(72)76(60)58-24-12-14-26-69(58)81-71)48-28-30-66-54(34-48)56-32-44-16-8-10-18-46(44)38-68(56)80-66)42-62(59)78(52-21-5-2-6-22-52)64-36-49(35-63(77)73(64)75)47-27-29-65-53(33-47)55-31-43-15-7-9-17-45(43)37-67(55)79-65/h1-42H. The smallest absolute Gasteiger partial charge is 0.252 e. The molecule has 0 fully saturated rings. The summed E-state index contributed by atoms with van der Waals surface area (Å²) in [4.78, 5) is 10.3. The van der Waals surface area contributed by atoms with E-state index in [2.05, 4.69) is 265 Å². The van der Waals surface area contributed by atoms with Crippen LogP contribution in [0.3, 0.4) is 0 Å². The van der Waals surface area contributed by atoms with E-state index < -0.39 is 0 Å². The van der Waals surface area contributed by atoms with Gasteiger partial charge >= 0.3 is 0 Å². The van der Waals surface area contributed by atoms with Crippen LogP contribution in [0.15, 0.2) is 283 Å². The molecular weight excluding hydrogens is 1030 g/mol. The first kappa shape index (κ1) is 45.2. The van der Waals surface area contributed by atoms with Crippen molar-refractivity contribution in [1.29, 1.82) is 0 Å². The Balaban J connectivity index is 0.838. The summed E-state index contributed by atoms with van der Waals surface area (Å²) in [5, 5.41) is 9.29. The SMILES string of the molecule is c1ccc(N2c3ccccc3B3c4cc5c(cc4N(c4ccccc4)c4cc(-c6ccc7oc8cc9ccccc9cc8c7c6)cc2c43)Sc2cc(-c3ccc4oc6cc7ccccc7cc6c4c3)cc3c2B5c2ccccc2S3)cc1. The molecule has 4 aliphatic rings. The lowest BCUT2D eigenvalue weighted by Gasteiger charge is -2.45. The zero-order chi connectivity index (χ0) is 53.3. The third kappa shape index (κ3) is 6.50. The van der Waals surface area contributed by atoms with Gasteiger partial charge in [0, 0.05) is 75.3 Å². The van der Waals surface area contributed by atoms with Crippen molar-refractivity contribution in [3.63, 3.8) is 0 Å². The quantitative estimate of drug-likeness (QED) is 0.163. The molecule has 6 heterocycles. The fraction of sp³-hybridized carbons (Fsp3) is 0. The topological polar surface area (TPSA) is 32.8 Å². The lowest BCUT2D eigenvalue weighted by atomic mass is 9.31. The van der Waals surface area contributed by atoms with Gasteiger partial charge in [-0.3, -0.25) is 0 Å². The van der Waals surface area contributed by atoms with Crippen LogP contribution in [-0.2, 0) is 0 Å².